The van der Waals surface area contributed by atoms with E-state index in [1.54, 1.807) is 6.07 Å². The SMILES string of the molecule is N#Cc1cc(F)c(N)c(C(=O)CBr)c1. The Morgan fingerprint density at radius 2 is 2.29 bits per heavy atom. The monoisotopic (exact) mass is 256 g/mol. The van der Waals surface area contributed by atoms with Crippen LogP contribution in [0, 0.1) is 17.1 Å². The summed E-state index contributed by atoms with van der Waals surface area (Å²) in [5.41, 5.74) is 5.27. The Hall–Kier alpha value is -1.41. The number of carbonyl (C=O) groups excluding carboxylic acids is 1. The molecule has 0 radical (unpaired) electrons. The molecule has 0 aliphatic carbocycles. The molecule has 0 saturated carbocycles. The average molecular weight is 257 g/mol. The molecule has 0 heterocycles. The lowest BCUT2D eigenvalue weighted by Gasteiger charge is -2.04. The topological polar surface area (TPSA) is 66.9 Å². The number of alkyl halides is 1. The smallest absolute Gasteiger partial charge is 0.175 e. The van der Waals surface area contributed by atoms with Crippen LogP contribution >= 0.6 is 15.9 Å². The first-order valence-electron chi connectivity index (χ1n) is 3.68. The highest BCUT2D eigenvalue weighted by molar-refractivity contribution is 9.09. The van der Waals surface area contributed by atoms with Crippen molar-refractivity contribution >= 4 is 27.4 Å². The predicted octanol–water partition coefficient (Wildman–Crippen LogP) is 1.86. The minimum Gasteiger partial charge on any atom is -0.396 e. The number of benzene rings is 1. The van der Waals surface area contributed by atoms with Crippen molar-refractivity contribution < 1.29 is 9.18 Å². The second-order valence-electron chi connectivity index (χ2n) is 2.59. The number of nitrogens with two attached hydrogens (primary N) is 1. The summed E-state index contributed by atoms with van der Waals surface area (Å²) in [6.07, 6.45) is 0. The van der Waals surface area contributed by atoms with Crippen molar-refractivity contribution in [3.8, 4) is 6.07 Å². The van der Waals surface area contributed by atoms with Crippen molar-refractivity contribution in [2.24, 2.45) is 0 Å². The second-order valence-corrected chi connectivity index (χ2v) is 3.15. The van der Waals surface area contributed by atoms with E-state index >= 15 is 0 Å². The summed E-state index contributed by atoms with van der Waals surface area (Å²) in [4.78, 5) is 11.3. The molecule has 0 amide bonds. The van der Waals surface area contributed by atoms with Gasteiger partial charge >= 0.3 is 0 Å². The number of anilines is 1. The van der Waals surface area contributed by atoms with Crippen LogP contribution in [0.25, 0.3) is 0 Å². The van der Waals surface area contributed by atoms with Gasteiger partial charge in [-0.25, -0.2) is 4.39 Å². The number of halogens is 2. The molecule has 0 spiro atoms. The predicted molar refractivity (Wildman–Crippen MR) is 53.7 cm³/mol. The molecule has 0 atom stereocenters. The molecular formula is C9H6BrFN2O. The van der Waals surface area contributed by atoms with Crippen molar-refractivity contribution in [2.45, 2.75) is 0 Å². The molecule has 0 aliphatic rings. The molecule has 3 nitrogen and oxygen atoms in total. The van der Waals surface area contributed by atoms with Gasteiger partial charge in [-0.3, -0.25) is 4.79 Å². The zero-order valence-corrected chi connectivity index (χ0v) is 8.64. The number of rotatable bonds is 2. The maximum atomic E-state index is 13.1. The lowest BCUT2D eigenvalue weighted by molar-refractivity contribution is 0.102. The van der Waals surface area contributed by atoms with E-state index in [1.807, 2.05) is 0 Å². The number of nitrogen functional groups attached to an aromatic ring is 1. The van der Waals surface area contributed by atoms with Gasteiger partial charge in [0, 0.05) is 5.56 Å². The van der Waals surface area contributed by atoms with Crippen LogP contribution in [0.15, 0.2) is 12.1 Å². The largest absolute Gasteiger partial charge is 0.396 e. The molecule has 0 saturated heterocycles. The zero-order chi connectivity index (χ0) is 10.7. The van der Waals surface area contributed by atoms with E-state index in [1.165, 1.54) is 6.07 Å². The average Bonchev–Trinajstić information content (AvgIpc) is 2.20. The number of hydrogen-bond acceptors (Lipinski definition) is 3. The Kier molecular flexibility index (Phi) is 3.20. The molecule has 0 aliphatic heterocycles. The van der Waals surface area contributed by atoms with Crippen molar-refractivity contribution in [1.82, 2.24) is 0 Å². The number of carbonyl (C=O) groups is 1. The Bertz CT molecular complexity index is 426. The minimum atomic E-state index is -0.742. The highest BCUT2D eigenvalue weighted by atomic mass is 79.9. The van der Waals surface area contributed by atoms with Crippen LogP contribution in [0.1, 0.15) is 15.9 Å². The minimum absolute atomic E-state index is 0.0402. The molecular weight excluding hydrogens is 251 g/mol. The van der Waals surface area contributed by atoms with E-state index in [0.29, 0.717) is 0 Å². The van der Waals surface area contributed by atoms with Crippen LogP contribution in [-0.4, -0.2) is 11.1 Å². The van der Waals surface area contributed by atoms with Crippen molar-refractivity contribution in [3.63, 3.8) is 0 Å². The number of nitrogens with zero attached hydrogens (tertiary/aromatic N) is 1. The van der Waals surface area contributed by atoms with E-state index in [4.69, 9.17) is 11.0 Å². The van der Waals surface area contributed by atoms with E-state index < -0.39 is 5.82 Å². The zero-order valence-electron chi connectivity index (χ0n) is 7.05. The second kappa shape index (κ2) is 4.20. The summed E-state index contributed by atoms with van der Waals surface area (Å²) in [6.45, 7) is 0. The molecule has 2 N–H and O–H groups in total. The fourth-order valence-corrected chi connectivity index (χ4v) is 1.29. The highest BCUT2D eigenvalue weighted by Crippen LogP contribution is 2.19. The lowest BCUT2D eigenvalue weighted by Crippen LogP contribution is -2.07. The summed E-state index contributed by atoms with van der Waals surface area (Å²) >= 11 is 2.95. The van der Waals surface area contributed by atoms with Gasteiger partial charge in [-0.15, -0.1) is 0 Å². The summed E-state index contributed by atoms with van der Waals surface area (Å²) in [7, 11) is 0. The van der Waals surface area contributed by atoms with Gasteiger partial charge in [0.1, 0.15) is 5.82 Å². The Balaban J connectivity index is 3.36. The molecule has 0 aromatic heterocycles. The number of ketones is 1. The van der Waals surface area contributed by atoms with Crippen LogP contribution < -0.4 is 5.73 Å². The Morgan fingerprint density at radius 3 is 2.79 bits per heavy atom. The van der Waals surface area contributed by atoms with E-state index in [2.05, 4.69) is 15.9 Å². The van der Waals surface area contributed by atoms with Gasteiger partial charge in [0.25, 0.3) is 0 Å². The molecule has 5 heteroatoms. The first kappa shape index (κ1) is 10.7. The van der Waals surface area contributed by atoms with Gasteiger partial charge in [-0.2, -0.15) is 5.26 Å². The highest BCUT2D eigenvalue weighted by Gasteiger charge is 2.13. The summed E-state index contributed by atoms with van der Waals surface area (Å²) in [5.74, 6) is -1.09. The number of hydrogen-bond donors (Lipinski definition) is 1. The standard InChI is InChI=1S/C9H6BrFN2O/c10-3-8(14)6-1-5(4-12)2-7(11)9(6)13/h1-2H,3,13H2. The first-order chi connectivity index (χ1) is 6.60. The van der Waals surface area contributed by atoms with Gasteiger partial charge in [-0.05, 0) is 12.1 Å². The molecule has 14 heavy (non-hydrogen) atoms. The molecule has 0 fully saturated rings. The van der Waals surface area contributed by atoms with Gasteiger partial charge in [0.05, 0.1) is 22.7 Å². The van der Waals surface area contributed by atoms with E-state index in [-0.39, 0.29) is 27.9 Å². The van der Waals surface area contributed by atoms with Crippen molar-refractivity contribution in [1.29, 1.82) is 5.26 Å². The van der Waals surface area contributed by atoms with Crippen molar-refractivity contribution in [3.05, 3.63) is 29.1 Å². The molecule has 1 aromatic carbocycles. The van der Waals surface area contributed by atoms with Gasteiger partial charge in [0.2, 0.25) is 0 Å². The molecule has 0 unspecified atom stereocenters. The third kappa shape index (κ3) is 1.91. The third-order valence-electron chi connectivity index (χ3n) is 1.68. The normalized spacial score (nSPS) is 9.50. The fraction of sp³-hybridized carbons (Fsp3) is 0.111. The maximum absolute atomic E-state index is 13.1. The molecule has 1 aromatic rings. The van der Waals surface area contributed by atoms with Gasteiger partial charge in [-0.1, -0.05) is 15.9 Å². The molecule has 1 rings (SSSR count). The summed E-state index contributed by atoms with van der Waals surface area (Å²) in [5, 5.41) is 8.60. The fourth-order valence-electron chi connectivity index (χ4n) is 0.985. The van der Waals surface area contributed by atoms with Crippen LogP contribution in [0.5, 0.6) is 0 Å². The van der Waals surface area contributed by atoms with E-state index in [9.17, 15) is 9.18 Å². The van der Waals surface area contributed by atoms with Crippen LogP contribution in [-0.2, 0) is 0 Å². The Labute approximate surface area is 88.5 Å². The van der Waals surface area contributed by atoms with Crippen LogP contribution in [0.3, 0.4) is 0 Å². The van der Waals surface area contributed by atoms with Gasteiger partial charge in [0.15, 0.2) is 5.78 Å². The number of nitriles is 1. The van der Waals surface area contributed by atoms with E-state index in [0.717, 1.165) is 6.07 Å². The summed E-state index contributed by atoms with van der Waals surface area (Å²) in [6, 6.07) is 4.03. The molecule has 72 valence electrons. The van der Waals surface area contributed by atoms with Crippen LogP contribution in [0.4, 0.5) is 10.1 Å². The maximum Gasteiger partial charge on any atom is 0.175 e. The molecule has 0 bridgehead atoms. The first-order valence-corrected chi connectivity index (χ1v) is 4.80. The number of Topliss-reactive ketones (excluding diaryl/α,β-unsaturated/α-hetero) is 1. The van der Waals surface area contributed by atoms with Gasteiger partial charge < -0.3 is 5.73 Å². The quantitative estimate of drug-likeness (QED) is 0.499. The van der Waals surface area contributed by atoms with Crippen LogP contribution in [0.2, 0.25) is 0 Å². The third-order valence-corrected chi connectivity index (χ3v) is 2.19. The Morgan fingerprint density at radius 1 is 1.64 bits per heavy atom. The summed E-state index contributed by atoms with van der Waals surface area (Å²) < 4.78 is 13.1. The van der Waals surface area contributed by atoms with Crippen molar-refractivity contribution in [2.75, 3.05) is 11.1 Å². The lowest BCUT2D eigenvalue weighted by atomic mass is 10.1.